The fraction of sp³-hybridized carbons (Fsp3) is 0.0435. The zero-order valence-corrected chi connectivity index (χ0v) is 15.9. The van der Waals surface area contributed by atoms with Gasteiger partial charge in [-0.15, -0.1) is 0 Å². The quantitative estimate of drug-likeness (QED) is 0.251. The molecule has 0 atom stereocenters. The second-order valence-corrected chi connectivity index (χ2v) is 6.67. The first-order valence-corrected chi connectivity index (χ1v) is 9.15. The van der Waals surface area contributed by atoms with Crippen LogP contribution in [0.1, 0.15) is 26.3 Å². The van der Waals surface area contributed by atoms with Gasteiger partial charge in [0.1, 0.15) is 17.3 Å². The van der Waals surface area contributed by atoms with Crippen molar-refractivity contribution in [2.75, 3.05) is 6.61 Å². The molecule has 3 aromatic rings. The van der Waals surface area contributed by atoms with E-state index in [0.717, 1.165) is 0 Å². The Kier molecular flexibility index (Phi) is 5.28. The summed E-state index contributed by atoms with van der Waals surface area (Å²) in [4.78, 5) is 35.1. The van der Waals surface area contributed by atoms with Crippen molar-refractivity contribution in [3.05, 3.63) is 105 Å². The smallest absolute Gasteiger partial charge is 0.270 e. The molecule has 8 heteroatoms. The highest BCUT2D eigenvalue weighted by Crippen LogP contribution is 2.35. The molecule has 0 aromatic heterocycles. The van der Waals surface area contributed by atoms with Gasteiger partial charge in [-0.1, -0.05) is 12.1 Å². The molecule has 1 aliphatic heterocycles. The number of hydrogen-bond donors (Lipinski definition) is 0. The number of Topliss-reactive ketones (excluding diaryl/α,β-unsaturated/α-hetero) is 2. The molecule has 0 unspecified atom stereocenters. The van der Waals surface area contributed by atoms with Gasteiger partial charge >= 0.3 is 0 Å². The van der Waals surface area contributed by atoms with E-state index in [2.05, 4.69) is 0 Å². The number of halogens is 1. The normalized spacial score (nSPS) is 13.6. The van der Waals surface area contributed by atoms with Gasteiger partial charge in [0.05, 0.1) is 10.5 Å². The third-order valence-electron chi connectivity index (χ3n) is 4.56. The molecule has 154 valence electrons. The number of allylic oxidation sites excluding steroid dienone is 1. The number of ketones is 2. The standard InChI is InChI=1S/C23H14FNO6/c24-16-6-4-15(5-7-16)20(26)13-30-18-8-9-19-21(12-18)31-22(23(19)27)11-14-2-1-3-17(10-14)25(28)29/h1-12H,13H2/b22-11-. The summed E-state index contributed by atoms with van der Waals surface area (Å²) < 4.78 is 24.0. The molecule has 0 amide bonds. The molecule has 0 saturated heterocycles. The Morgan fingerprint density at radius 1 is 1.10 bits per heavy atom. The summed E-state index contributed by atoms with van der Waals surface area (Å²) in [5, 5.41) is 10.9. The van der Waals surface area contributed by atoms with Crippen LogP contribution in [0.3, 0.4) is 0 Å². The van der Waals surface area contributed by atoms with Crippen LogP contribution < -0.4 is 9.47 Å². The van der Waals surface area contributed by atoms with Crippen molar-refractivity contribution in [3.8, 4) is 11.5 Å². The maximum absolute atomic E-state index is 13.0. The molecule has 3 aromatic carbocycles. The number of non-ortho nitro benzene ring substituents is 1. The molecule has 0 aliphatic carbocycles. The van der Waals surface area contributed by atoms with Crippen molar-refractivity contribution in [2.45, 2.75) is 0 Å². The zero-order chi connectivity index (χ0) is 22.0. The molecule has 0 fully saturated rings. The molecule has 0 spiro atoms. The minimum Gasteiger partial charge on any atom is -0.485 e. The fourth-order valence-electron chi connectivity index (χ4n) is 3.00. The van der Waals surface area contributed by atoms with Crippen LogP contribution in [0.4, 0.5) is 10.1 Å². The first-order valence-electron chi connectivity index (χ1n) is 9.15. The third kappa shape index (κ3) is 4.32. The van der Waals surface area contributed by atoms with Crippen molar-refractivity contribution in [2.24, 2.45) is 0 Å². The summed E-state index contributed by atoms with van der Waals surface area (Å²) in [5.41, 5.74) is 0.982. The number of benzene rings is 3. The van der Waals surface area contributed by atoms with Crippen molar-refractivity contribution in [3.63, 3.8) is 0 Å². The molecule has 0 N–H and O–H groups in total. The summed E-state index contributed by atoms with van der Waals surface area (Å²) in [5.74, 6) is -0.534. The number of nitrogens with zero attached hydrogens (tertiary/aromatic N) is 1. The average Bonchev–Trinajstić information content (AvgIpc) is 3.07. The Labute approximate surface area is 175 Å². The highest BCUT2D eigenvalue weighted by Gasteiger charge is 2.28. The summed E-state index contributed by atoms with van der Waals surface area (Å²) >= 11 is 0. The second kappa shape index (κ2) is 8.19. The maximum Gasteiger partial charge on any atom is 0.270 e. The van der Waals surface area contributed by atoms with Crippen molar-refractivity contribution in [1.82, 2.24) is 0 Å². The Hall–Kier alpha value is -4.33. The molecular formula is C23H14FNO6. The summed E-state index contributed by atoms with van der Waals surface area (Å²) in [6.07, 6.45) is 1.42. The third-order valence-corrected chi connectivity index (χ3v) is 4.56. The van der Waals surface area contributed by atoms with Crippen LogP contribution in [0.5, 0.6) is 11.5 Å². The maximum atomic E-state index is 13.0. The predicted octanol–water partition coefficient (Wildman–Crippen LogP) is 4.61. The van der Waals surface area contributed by atoms with Crippen molar-refractivity contribution >= 4 is 23.3 Å². The Balaban J connectivity index is 1.48. The number of nitro groups is 1. The molecule has 1 aliphatic rings. The van der Waals surface area contributed by atoms with E-state index in [-0.39, 0.29) is 35.4 Å². The van der Waals surface area contributed by atoms with Crippen LogP contribution in [0.2, 0.25) is 0 Å². The van der Waals surface area contributed by atoms with Gasteiger partial charge in [0, 0.05) is 23.8 Å². The van der Waals surface area contributed by atoms with E-state index in [1.54, 1.807) is 6.07 Å². The minimum atomic E-state index is -0.523. The predicted molar refractivity (Wildman–Crippen MR) is 109 cm³/mol. The van der Waals surface area contributed by atoms with E-state index >= 15 is 0 Å². The SMILES string of the molecule is O=C(COc1ccc2c(c1)O/C(=C\c1cccc([N+](=O)[O-])c1)C2=O)c1ccc(F)cc1. The number of hydrogen-bond acceptors (Lipinski definition) is 6. The summed E-state index contributed by atoms with van der Waals surface area (Å²) in [7, 11) is 0. The highest BCUT2D eigenvalue weighted by molar-refractivity contribution is 6.14. The van der Waals surface area contributed by atoms with E-state index in [4.69, 9.17) is 9.47 Å². The van der Waals surface area contributed by atoms with E-state index in [0.29, 0.717) is 22.4 Å². The van der Waals surface area contributed by atoms with Crippen LogP contribution in [-0.2, 0) is 0 Å². The lowest BCUT2D eigenvalue weighted by molar-refractivity contribution is -0.384. The van der Waals surface area contributed by atoms with Gasteiger partial charge in [0.25, 0.3) is 5.69 Å². The monoisotopic (exact) mass is 419 g/mol. The lowest BCUT2D eigenvalue weighted by atomic mass is 10.1. The largest absolute Gasteiger partial charge is 0.485 e. The van der Waals surface area contributed by atoms with Gasteiger partial charge in [-0.25, -0.2) is 4.39 Å². The number of nitro benzene ring substituents is 1. The van der Waals surface area contributed by atoms with Crippen LogP contribution in [0.25, 0.3) is 6.08 Å². The first-order chi connectivity index (χ1) is 14.9. The highest BCUT2D eigenvalue weighted by atomic mass is 19.1. The molecular weight excluding hydrogens is 405 g/mol. The zero-order valence-electron chi connectivity index (χ0n) is 15.9. The average molecular weight is 419 g/mol. The molecule has 0 saturated carbocycles. The molecule has 1 heterocycles. The number of rotatable bonds is 6. The minimum absolute atomic E-state index is 0.0232. The number of fused-ring (bicyclic) bond motifs is 1. The van der Waals surface area contributed by atoms with Gasteiger partial charge < -0.3 is 9.47 Å². The number of carbonyl (C=O) groups is 2. The lowest BCUT2D eigenvalue weighted by Gasteiger charge is -2.07. The van der Waals surface area contributed by atoms with Crippen LogP contribution >= 0.6 is 0 Å². The topological polar surface area (TPSA) is 95.7 Å². The van der Waals surface area contributed by atoms with E-state index in [1.807, 2.05) is 0 Å². The Morgan fingerprint density at radius 2 is 1.87 bits per heavy atom. The van der Waals surface area contributed by atoms with E-state index < -0.39 is 10.7 Å². The first kappa shape index (κ1) is 20.0. The van der Waals surface area contributed by atoms with Gasteiger partial charge in [-0.05, 0) is 48.0 Å². The van der Waals surface area contributed by atoms with Gasteiger partial charge in [-0.3, -0.25) is 19.7 Å². The lowest BCUT2D eigenvalue weighted by Crippen LogP contribution is -2.11. The van der Waals surface area contributed by atoms with Gasteiger partial charge in [0.2, 0.25) is 5.78 Å². The summed E-state index contributed by atoms with van der Waals surface area (Å²) in [6.45, 7) is -0.269. The van der Waals surface area contributed by atoms with E-state index in [9.17, 15) is 24.1 Å². The Bertz CT molecular complexity index is 1230. The van der Waals surface area contributed by atoms with Crippen molar-refractivity contribution < 1.29 is 28.4 Å². The fourth-order valence-corrected chi connectivity index (χ4v) is 3.00. The second-order valence-electron chi connectivity index (χ2n) is 6.67. The Morgan fingerprint density at radius 3 is 2.61 bits per heavy atom. The molecule has 7 nitrogen and oxygen atoms in total. The number of carbonyl (C=O) groups excluding carboxylic acids is 2. The molecule has 0 bridgehead atoms. The summed E-state index contributed by atoms with van der Waals surface area (Å²) in [6, 6.07) is 15.5. The van der Waals surface area contributed by atoms with Gasteiger partial charge in [0.15, 0.2) is 18.1 Å². The molecule has 0 radical (unpaired) electrons. The molecule has 4 rings (SSSR count). The van der Waals surface area contributed by atoms with Crippen LogP contribution in [0.15, 0.2) is 72.5 Å². The van der Waals surface area contributed by atoms with Crippen LogP contribution in [-0.4, -0.2) is 23.1 Å². The number of ether oxygens (including phenoxy) is 2. The van der Waals surface area contributed by atoms with E-state index in [1.165, 1.54) is 66.7 Å². The van der Waals surface area contributed by atoms with Crippen LogP contribution in [0, 0.1) is 15.9 Å². The van der Waals surface area contributed by atoms with Gasteiger partial charge in [-0.2, -0.15) is 0 Å². The van der Waals surface area contributed by atoms with Crippen molar-refractivity contribution in [1.29, 1.82) is 0 Å². The molecule has 31 heavy (non-hydrogen) atoms.